The number of fused-ring (bicyclic) bond motifs is 5. The van der Waals surface area contributed by atoms with Gasteiger partial charge in [0.05, 0.1) is 34.5 Å². The minimum absolute atomic E-state index is 0.000310. The number of phosphoric ester groups is 1. The summed E-state index contributed by atoms with van der Waals surface area (Å²) in [5.41, 5.74) is 1.46. The van der Waals surface area contributed by atoms with Gasteiger partial charge in [0.2, 0.25) is 12.2 Å². The Hall–Kier alpha value is -3.88. The number of nitrogens with zero attached hydrogens (tertiary/aromatic N) is 4. The highest BCUT2D eigenvalue weighted by Gasteiger charge is 2.54. The highest BCUT2D eigenvalue weighted by atomic mass is 31.2. The molecule has 4 bridgehead atoms. The van der Waals surface area contributed by atoms with Gasteiger partial charge in [-0.15, -0.1) is 0 Å². The van der Waals surface area contributed by atoms with Gasteiger partial charge in [0.1, 0.15) is 6.10 Å². The van der Waals surface area contributed by atoms with Crippen molar-refractivity contribution in [2.45, 2.75) is 18.4 Å². The highest BCUT2D eigenvalue weighted by molar-refractivity contribution is 7.49. The molecule has 3 aromatic rings. The summed E-state index contributed by atoms with van der Waals surface area (Å²) in [7, 11) is 5.08. The van der Waals surface area contributed by atoms with Crippen LogP contribution < -0.4 is 33.9 Å². The van der Waals surface area contributed by atoms with E-state index >= 15 is 0 Å². The van der Waals surface area contributed by atoms with Gasteiger partial charge in [-0.1, -0.05) is 12.1 Å². The first-order valence-electron chi connectivity index (χ1n) is 12.3. The molecule has 0 aliphatic carbocycles. The maximum Gasteiger partial charge on any atom is 0.556 e. The van der Waals surface area contributed by atoms with Crippen LogP contribution in [0.25, 0.3) is 0 Å². The summed E-state index contributed by atoms with van der Waals surface area (Å²) < 4.78 is 62.9. The molecule has 16 heteroatoms. The lowest BCUT2D eigenvalue weighted by Crippen LogP contribution is -2.37. The summed E-state index contributed by atoms with van der Waals surface area (Å²) in [6.45, 7) is 0.264. The van der Waals surface area contributed by atoms with E-state index < -0.39 is 26.3 Å². The lowest BCUT2D eigenvalue weighted by molar-refractivity contribution is -0.000956. The van der Waals surface area contributed by atoms with Crippen molar-refractivity contribution in [1.82, 2.24) is 15.0 Å². The number of hydroxylamine groups is 1. The molecule has 0 radical (unpaired) electrons. The summed E-state index contributed by atoms with van der Waals surface area (Å²) in [6.07, 6.45) is -2.30. The fraction of sp³-hybridized carbons (Fsp3) is 0.400. The highest BCUT2D eigenvalue weighted by Crippen LogP contribution is 2.60. The van der Waals surface area contributed by atoms with Gasteiger partial charge >= 0.3 is 13.8 Å². The topological polar surface area (TPSA) is 154 Å². The molecule has 0 amide bonds. The second-order valence-electron chi connectivity index (χ2n) is 8.67. The van der Waals surface area contributed by atoms with Crippen molar-refractivity contribution in [3.63, 3.8) is 0 Å². The Balaban J connectivity index is 1.39. The summed E-state index contributed by atoms with van der Waals surface area (Å²) >= 11 is 0. The Morgan fingerprint density at radius 2 is 1.49 bits per heavy atom. The van der Waals surface area contributed by atoms with E-state index in [4.69, 9.17) is 42.1 Å². The third kappa shape index (κ3) is 5.67. The first-order valence-corrected chi connectivity index (χ1v) is 13.8. The van der Waals surface area contributed by atoms with Crippen LogP contribution in [0.2, 0.25) is 0 Å². The van der Waals surface area contributed by atoms with Gasteiger partial charge in [-0.25, -0.2) is 9.09 Å². The molecule has 2 aliphatic heterocycles. The number of ether oxygens (including phenoxy) is 6. The Morgan fingerprint density at radius 3 is 2.10 bits per heavy atom. The molecule has 1 N–H and O–H groups in total. The Kier molecular flexibility index (Phi) is 8.33. The van der Waals surface area contributed by atoms with E-state index in [2.05, 4.69) is 20.3 Å². The van der Waals surface area contributed by atoms with Crippen LogP contribution >= 0.6 is 7.82 Å². The quantitative estimate of drug-likeness (QED) is 0.304. The third-order valence-corrected chi connectivity index (χ3v) is 7.65. The maximum absolute atomic E-state index is 13.3. The molecule has 0 spiro atoms. The molecular weight excluding hydrogens is 561 g/mol. The number of anilines is 2. The number of hydrogen-bond acceptors (Lipinski definition) is 15. The van der Waals surface area contributed by atoms with Crippen molar-refractivity contribution in [3.8, 4) is 29.0 Å². The lowest BCUT2D eigenvalue weighted by atomic mass is 10.1. The number of aromatic nitrogens is 3. The second-order valence-corrected chi connectivity index (χ2v) is 10.1. The van der Waals surface area contributed by atoms with Gasteiger partial charge in [0.25, 0.3) is 5.95 Å². The van der Waals surface area contributed by atoms with E-state index in [1.54, 1.807) is 45.6 Å². The number of phosphoric acid groups is 1. The molecule has 220 valence electrons. The normalized spacial score (nSPS) is 20.4. The molecule has 1 saturated heterocycles. The van der Waals surface area contributed by atoms with E-state index in [-0.39, 0.29) is 24.5 Å². The van der Waals surface area contributed by atoms with Gasteiger partial charge in [-0.05, 0) is 35.4 Å². The summed E-state index contributed by atoms with van der Waals surface area (Å²) in [5.74, 6) is 2.30. The Morgan fingerprint density at radius 1 is 0.854 bits per heavy atom. The number of benzene rings is 2. The van der Waals surface area contributed by atoms with E-state index in [9.17, 15) is 4.57 Å². The Labute approximate surface area is 236 Å². The molecule has 15 nitrogen and oxygen atoms in total. The molecule has 4 unspecified atom stereocenters. The van der Waals surface area contributed by atoms with Gasteiger partial charge in [0, 0.05) is 20.8 Å². The standard InChI is InChI=1S/C25H30N5O10P/c1-32-16-9-7-14(11-18(16)34-3)20(36-5)13-26-23-27-24-29-25(28-23)39-41(31)38-22(30(24)40-41)21(37-6)15-8-10-17(33-2)19(12-15)35-4/h7-12,20-22H,13H2,1-6H3,(H,26,27,28,29). The fourth-order valence-electron chi connectivity index (χ4n) is 4.40. The van der Waals surface area contributed by atoms with Crippen LogP contribution in [-0.2, 0) is 23.2 Å². The van der Waals surface area contributed by atoms with Crippen LogP contribution in [0.15, 0.2) is 36.4 Å². The Bertz CT molecular complexity index is 1450. The predicted molar refractivity (Wildman–Crippen MR) is 144 cm³/mol. The predicted octanol–water partition coefficient (Wildman–Crippen LogP) is 3.69. The van der Waals surface area contributed by atoms with E-state index in [0.29, 0.717) is 28.6 Å². The number of rotatable bonds is 12. The maximum atomic E-state index is 13.3. The molecule has 2 aromatic carbocycles. The van der Waals surface area contributed by atoms with Crippen molar-refractivity contribution in [2.24, 2.45) is 0 Å². The van der Waals surface area contributed by atoms with Gasteiger partial charge < -0.3 is 38.3 Å². The van der Waals surface area contributed by atoms with Gasteiger partial charge in [0.15, 0.2) is 23.0 Å². The lowest BCUT2D eigenvalue weighted by Gasteiger charge is -2.27. The largest absolute Gasteiger partial charge is 0.556 e. The molecule has 1 fully saturated rings. The van der Waals surface area contributed by atoms with E-state index in [1.807, 2.05) is 12.1 Å². The average molecular weight is 592 g/mol. The number of hydrogen-bond donors (Lipinski definition) is 1. The zero-order valence-electron chi connectivity index (χ0n) is 23.2. The monoisotopic (exact) mass is 591 g/mol. The first-order chi connectivity index (χ1) is 19.8. The fourth-order valence-corrected chi connectivity index (χ4v) is 5.64. The van der Waals surface area contributed by atoms with Gasteiger partial charge in [-0.2, -0.15) is 24.6 Å². The summed E-state index contributed by atoms with van der Waals surface area (Å²) in [6, 6.07) is 10.4. The van der Waals surface area contributed by atoms with Crippen LogP contribution in [0, 0.1) is 0 Å². The van der Waals surface area contributed by atoms with E-state index in [1.165, 1.54) is 21.3 Å². The molecule has 41 heavy (non-hydrogen) atoms. The van der Waals surface area contributed by atoms with Crippen molar-refractivity contribution >= 4 is 19.7 Å². The molecule has 2 aliphatic rings. The molecule has 5 rings (SSSR count). The minimum Gasteiger partial charge on any atom is -0.493 e. The molecule has 4 atom stereocenters. The third-order valence-electron chi connectivity index (χ3n) is 6.41. The van der Waals surface area contributed by atoms with E-state index in [0.717, 1.165) is 10.6 Å². The zero-order chi connectivity index (χ0) is 29.1. The van der Waals surface area contributed by atoms with Crippen LogP contribution in [0.5, 0.6) is 29.0 Å². The number of nitrogens with one attached hydrogen (secondary N) is 1. The SMILES string of the molecule is COc1ccc(C(CNc2nc3nc(n2)N2OP(=O)(O3)OC2C(OC)c2ccc(OC)c(OC)c2)OC)cc1OC. The van der Waals surface area contributed by atoms with Crippen LogP contribution in [0.1, 0.15) is 23.3 Å². The molecule has 3 heterocycles. The molecule has 1 aromatic heterocycles. The molecule has 0 saturated carbocycles. The first kappa shape index (κ1) is 28.6. The zero-order valence-corrected chi connectivity index (χ0v) is 24.1. The van der Waals surface area contributed by atoms with Crippen molar-refractivity contribution in [2.75, 3.05) is 59.6 Å². The van der Waals surface area contributed by atoms with Crippen molar-refractivity contribution in [3.05, 3.63) is 47.5 Å². The van der Waals surface area contributed by atoms with Crippen LogP contribution in [0.3, 0.4) is 0 Å². The van der Waals surface area contributed by atoms with Crippen molar-refractivity contribution < 1.29 is 46.7 Å². The number of methoxy groups -OCH3 is 6. The molecular formula is C25H30N5O10P. The van der Waals surface area contributed by atoms with Gasteiger partial charge in [-0.3, -0.25) is 0 Å². The minimum atomic E-state index is -4.15. The second kappa shape index (κ2) is 11.9. The van der Waals surface area contributed by atoms with Crippen LogP contribution in [0.4, 0.5) is 11.9 Å². The van der Waals surface area contributed by atoms with Crippen molar-refractivity contribution in [1.29, 1.82) is 0 Å². The summed E-state index contributed by atoms with van der Waals surface area (Å²) in [4.78, 5) is 12.9. The average Bonchev–Trinajstić information content (AvgIpc) is 3.29. The smallest absolute Gasteiger partial charge is 0.493 e. The van der Waals surface area contributed by atoms with Crippen LogP contribution in [-0.4, -0.2) is 70.4 Å². The summed E-state index contributed by atoms with van der Waals surface area (Å²) in [5, 5.41) is 4.26.